The molecule has 0 aliphatic carbocycles. The summed E-state index contributed by atoms with van der Waals surface area (Å²) in [7, 11) is 1.96. The van der Waals surface area contributed by atoms with Gasteiger partial charge >= 0.3 is 0 Å². The second-order valence-corrected chi connectivity index (χ2v) is 5.68. The Morgan fingerprint density at radius 2 is 2.40 bits per heavy atom. The largest absolute Gasteiger partial charge is 0.319 e. The van der Waals surface area contributed by atoms with Crippen molar-refractivity contribution in [3.63, 3.8) is 0 Å². The van der Waals surface area contributed by atoms with E-state index in [0.717, 1.165) is 16.8 Å². The van der Waals surface area contributed by atoms with E-state index in [1.807, 2.05) is 13.2 Å². The average Bonchev–Trinajstić information content (AvgIpc) is 2.82. The summed E-state index contributed by atoms with van der Waals surface area (Å²) in [6.07, 6.45) is 2.87. The van der Waals surface area contributed by atoms with Crippen LogP contribution in [0.1, 0.15) is 5.69 Å². The van der Waals surface area contributed by atoms with Gasteiger partial charge in [-0.25, -0.2) is 0 Å². The highest BCUT2D eigenvalue weighted by Gasteiger charge is 2.08. The number of likely N-dealkylation sites (N-methyl/N-ethyl adjacent to an activating group) is 1. The van der Waals surface area contributed by atoms with Gasteiger partial charge in [-0.15, -0.1) is 11.3 Å². The van der Waals surface area contributed by atoms with E-state index >= 15 is 0 Å². The van der Waals surface area contributed by atoms with Gasteiger partial charge in [0, 0.05) is 29.1 Å². The lowest BCUT2D eigenvalue weighted by atomic mass is 10.1. The molecule has 15 heavy (non-hydrogen) atoms. The van der Waals surface area contributed by atoms with Crippen LogP contribution in [-0.2, 0) is 6.42 Å². The molecular formula is C10H12BrN3S. The highest BCUT2D eigenvalue weighted by molar-refractivity contribution is 9.11. The van der Waals surface area contributed by atoms with E-state index in [1.165, 1.54) is 16.1 Å². The number of aromatic nitrogens is 2. The molecule has 0 radical (unpaired) electrons. The molecule has 2 aromatic rings. The third-order valence-electron chi connectivity index (χ3n) is 2.18. The van der Waals surface area contributed by atoms with E-state index in [4.69, 9.17) is 0 Å². The monoisotopic (exact) mass is 285 g/mol. The van der Waals surface area contributed by atoms with Crippen molar-refractivity contribution in [2.75, 3.05) is 13.6 Å². The normalized spacial score (nSPS) is 10.8. The van der Waals surface area contributed by atoms with Crippen LogP contribution in [0, 0.1) is 0 Å². The fourth-order valence-corrected chi connectivity index (χ4v) is 2.85. The molecule has 80 valence electrons. The molecule has 0 bridgehead atoms. The van der Waals surface area contributed by atoms with E-state index in [9.17, 15) is 0 Å². The van der Waals surface area contributed by atoms with Crippen molar-refractivity contribution >= 4 is 27.3 Å². The summed E-state index contributed by atoms with van der Waals surface area (Å²) >= 11 is 5.20. The zero-order valence-electron chi connectivity index (χ0n) is 8.38. The van der Waals surface area contributed by atoms with Crippen molar-refractivity contribution in [1.82, 2.24) is 15.5 Å². The van der Waals surface area contributed by atoms with Crippen LogP contribution < -0.4 is 5.32 Å². The van der Waals surface area contributed by atoms with Crippen LogP contribution >= 0.6 is 27.3 Å². The Hall–Kier alpha value is -0.650. The van der Waals surface area contributed by atoms with E-state index in [-0.39, 0.29) is 0 Å². The summed E-state index contributed by atoms with van der Waals surface area (Å²) in [5, 5.41) is 10.3. The first-order chi connectivity index (χ1) is 7.31. The number of hydrogen-bond acceptors (Lipinski definition) is 3. The molecule has 5 heteroatoms. The highest BCUT2D eigenvalue weighted by atomic mass is 79.9. The van der Waals surface area contributed by atoms with Gasteiger partial charge in [0.15, 0.2) is 0 Å². The lowest BCUT2D eigenvalue weighted by Crippen LogP contribution is -2.10. The Labute approximate surface area is 101 Å². The van der Waals surface area contributed by atoms with Crippen molar-refractivity contribution in [3.05, 3.63) is 27.8 Å². The number of rotatable bonds is 4. The van der Waals surface area contributed by atoms with Crippen molar-refractivity contribution in [2.45, 2.75) is 6.42 Å². The summed E-state index contributed by atoms with van der Waals surface area (Å²) in [6, 6.07) is 4.18. The number of H-pyrrole nitrogens is 1. The molecular weight excluding hydrogens is 274 g/mol. The maximum absolute atomic E-state index is 4.10. The molecule has 0 atom stereocenters. The summed E-state index contributed by atoms with van der Waals surface area (Å²) in [4.78, 5) is 1.25. The molecule has 0 aliphatic rings. The topological polar surface area (TPSA) is 40.7 Å². The average molecular weight is 286 g/mol. The number of halogens is 1. The second-order valence-electron chi connectivity index (χ2n) is 3.22. The van der Waals surface area contributed by atoms with Gasteiger partial charge < -0.3 is 5.32 Å². The predicted molar refractivity (Wildman–Crippen MR) is 67.2 cm³/mol. The van der Waals surface area contributed by atoms with E-state index < -0.39 is 0 Å². The number of nitrogens with one attached hydrogen (secondary N) is 2. The number of thiophene rings is 1. The van der Waals surface area contributed by atoms with Gasteiger partial charge in [0.1, 0.15) is 0 Å². The Morgan fingerprint density at radius 3 is 3.07 bits per heavy atom. The van der Waals surface area contributed by atoms with E-state index in [2.05, 4.69) is 43.6 Å². The molecule has 0 aliphatic heterocycles. The van der Waals surface area contributed by atoms with Crippen LogP contribution in [0.3, 0.4) is 0 Å². The third-order valence-corrected chi connectivity index (χ3v) is 3.84. The first kappa shape index (κ1) is 10.9. The smallest absolute Gasteiger partial charge is 0.0705 e. The quantitative estimate of drug-likeness (QED) is 0.907. The van der Waals surface area contributed by atoms with Crippen LogP contribution in [0.5, 0.6) is 0 Å². The zero-order valence-corrected chi connectivity index (χ0v) is 10.8. The minimum Gasteiger partial charge on any atom is -0.319 e. The Kier molecular flexibility index (Phi) is 3.56. The number of hydrogen-bond donors (Lipinski definition) is 2. The fraction of sp³-hybridized carbons (Fsp3) is 0.300. The van der Waals surface area contributed by atoms with Gasteiger partial charge in [-0.3, -0.25) is 5.10 Å². The molecule has 2 heterocycles. The summed E-state index contributed by atoms with van der Waals surface area (Å²) in [5.74, 6) is 0. The molecule has 0 spiro atoms. The maximum Gasteiger partial charge on any atom is 0.0705 e. The molecule has 2 aromatic heterocycles. The van der Waals surface area contributed by atoms with Gasteiger partial charge in [-0.05, 0) is 35.1 Å². The van der Waals surface area contributed by atoms with Gasteiger partial charge in [0.05, 0.1) is 9.98 Å². The van der Waals surface area contributed by atoms with Crippen LogP contribution in [0.2, 0.25) is 0 Å². The fourth-order valence-electron chi connectivity index (χ4n) is 1.42. The van der Waals surface area contributed by atoms with E-state index in [0.29, 0.717) is 0 Å². The van der Waals surface area contributed by atoms with Gasteiger partial charge in [0.2, 0.25) is 0 Å². The summed E-state index contributed by atoms with van der Waals surface area (Å²) in [5.41, 5.74) is 2.40. The molecule has 2 rings (SSSR count). The van der Waals surface area contributed by atoms with Crippen molar-refractivity contribution in [1.29, 1.82) is 0 Å². The molecule has 3 nitrogen and oxygen atoms in total. The molecule has 0 fully saturated rings. The van der Waals surface area contributed by atoms with Gasteiger partial charge in [-0.2, -0.15) is 5.10 Å². The number of aromatic amines is 1. The molecule has 0 aromatic carbocycles. The van der Waals surface area contributed by atoms with Crippen molar-refractivity contribution < 1.29 is 0 Å². The van der Waals surface area contributed by atoms with Crippen LogP contribution in [0.4, 0.5) is 0 Å². The minimum atomic E-state index is 0.960. The molecule has 0 amide bonds. The maximum atomic E-state index is 4.10. The molecule has 0 saturated heterocycles. The Balaban J connectivity index is 2.24. The lowest BCUT2D eigenvalue weighted by Gasteiger charge is -1.99. The predicted octanol–water partition coefficient (Wildman–Crippen LogP) is 2.66. The SMILES string of the molecule is CNCCc1[nH]ncc1-c1ccc(Br)s1. The summed E-state index contributed by atoms with van der Waals surface area (Å²) < 4.78 is 1.15. The van der Waals surface area contributed by atoms with Gasteiger partial charge in [-0.1, -0.05) is 0 Å². The third kappa shape index (κ3) is 2.48. The highest BCUT2D eigenvalue weighted by Crippen LogP contribution is 2.32. The second kappa shape index (κ2) is 4.92. The molecule has 0 saturated carbocycles. The number of nitrogens with zero attached hydrogens (tertiary/aromatic N) is 1. The van der Waals surface area contributed by atoms with Crippen LogP contribution in [0.25, 0.3) is 10.4 Å². The van der Waals surface area contributed by atoms with Crippen LogP contribution in [-0.4, -0.2) is 23.8 Å². The van der Waals surface area contributed by atoms with E-state index in [1.54, 1.807) is 11.3 Å². The van der Waals surface area contributed by atoms with Gasteiger partial charge in [0.25, 0.3) is 0 Å². The molecule has 2 N–H and O–H groups in total. The minimum absolute atomic E-state index is 0.960. The first-order valence-electron chi connectivity index (χ1n) is 4.74. The Bertz CT molecular complexity index is 435. The summed E-state index contributed by atoms with van der Waals surface area (Å²) in [6.45, 7) is 0.960. The van der Waals surface area contributed by atoms with Crippen molar-refractivity contribution in [2.24, 2.45) is 0 Å². The standard InChI is InChI=1S/C10H12BrN3S/c1-12-5-4-8-7(6-13-14-8)9-2-3-10(11)15-9/h2-3,6,12H,4-5H2,1H3,(H,13,14). The molecule has 0 unspecified atom stereocenters. The zero-order chi connectivity index (χ0) is 10.7. The lowest BCUT2D eigenvalue weighted by molar-refractivity contribution is 0.773. The van der Waals surface area contributed by atoms with Crippen LogP contribution in [0.15, 0.2) is 22.1 Å². The first-order valence-corrected chi connectivity index (χ1v) is 6.34. The van der Waals surface area contributed by atoms with Crippen molar-refractivity contribution in [3.8, 4) is 10.4 Å². The Morgan fingerprint density at radius 1 is 1.53 bits per heavy atom.